The molecule has 1 unspecified atom stereocenters. The number of fused-ring (bicyclic) bond motifs is 2. The summed E-state index contributed by atoms with van der Waals surface area (Å²) >= 11 is 2.76. The molecule has 0 spiro atoms. The highest BCUT2D eigenvalue weighted by molar-refractivity contribution is 7.21. The van der Waals surface area contributed by atoms with Gasteiger partial charge in [0.05, 0.1) is 11.4 Å². The molecule has 0 aliphatic rings. The number of hydrogen-bond donors (Lipinski definition) is 3. The maximum Gasteiger partial charge on any atom is 0.250 e. The zero-order chi connectivity index (χ0) is 41.7. The Bertz CT molecular complexity index is 3180. The molecule has 0 saturated carbocycles. The fraction of sp³-hybridized carbons (Fsp3) is 0.125. The molecule has 8 aromatic heterocycles. The van der Waals surface area contributed by atoms with E-state index in [2.05, 4.69) is 45.2 Å². The van der Waals surface area contributed by atoms with E-state index in [4.69, 9.17) is 25.5 Å². The number of imidazole rings is 2. The third-order valence-electron chi connectivity index (χ3n) is 9.41. The van der Waals surface area contributed by atoms with Gasteiger partial charge in [-0.15, -0.1) is 0 Å². The topological polar surface area (TPSA) is 254 Å². The predicted molar refractivity (Wildman–Crippen MR) is 224 cm³/mol. The minimum atomic E-state index is -1.05. The Morgan fingerprint density at radius 2 is 1.20 bits per heavy atom. The van der Waals surface area contributed by atoms with E-state index in [1.807, 2.05) is 72.3 Å². The molecule has 1 atom stereocenters. The van der Waals surface area contributed by atoms with E-state index in [0.29, 0.717) is 82.5 Å². The highest BCUT2D eigenvalue weighted by atomic mass is 32.1. The zero-order valence-corrected chi connectivity index (χ0v) is 33.8. The number of carbonyl (C=O) groups is 1. The van der Waals surface area contributed by atoms with Gasteiger partial charge in [0.25, 0.3) is 0 Å². The van der Waals surface area contributed by atoms with E-state index in [0.717, 1.165) is 16.8 Å². The van der Waals surface area contributed by atoms with Gasteiger partial charge in [-0.05, 0) is 13.8 Å². The molecule has 0 bridgehead atoms. The number of aryl methyl sites for hydroxylation is 2. The lowest BCUT2D eigenvalue weighted by Crippen LogP contribution is -2.09. The average molecular weight is 837 g/mol. The van der Waals surface area contributed by atoms with Crippen molar-refractivity contribution in [1.29, 1.82) is 0 Å². The molecule has 60 heavy (non-hydrogen) atoms. The molecule has 20 heteroatoms. The molecule has 0 radical (unpaired) electrons. The number of anilines is 2. The van der Waals surface area contributed by atoms with Crippen LogP contribution in [0.3, 0.4) is 0 Å². The lowest BCUT2D eigenvalue weighted by atomic mass is 10.1. The molecule has 8 heterocycles. The largest absolute Gasteiger partial charge is 0.382 e. The predicted octanol–water partition coefficient (Wildman–Crippen LogP) is 6.38. The summed E-state index contributed by atoms with van der Waals surface area (Å²) in [6, 6.07) is 22.6. The summed E-state index contributed by atoms with van der Waals surface area (Å²) in [6.45, 7) is 3.50. The third kappa shape index (κ3) is 6.82. The highest BCUT2D eigenvalue weighted by Crippen LogP contribution is 2.40. The number of carbonyl (C=O) groups excluding carboxylic acids is 1. The first kappa shape index (κ1) is 38.0. The second-order valence-electron chi connectivity index (χ2n) is 13.4. The second kappa shape index (κ2) is 15.3. The Morgan fingerprint density at radius 3 is 1.70 bits per heavy atom. The first-order valence-electron chi connectivity index (χ1n) is 18.1. The van der Waals surface area contributed by atoms with E-state index in [9.17, 15) is 9.90 Å². The highest BCUT2D eigenvalue weighted by Gasteiger charge is 2.29. The van der Waals surface area contributed by atoms with Crippen LogP contribution in [-0.2, 0) is 14.1 Å². The Morgan fingerprint density at radius 1 is 0.683 bits per heavy atom. The number of nitrogens with two attached hydrogens (primary N) is 2. The van der Waals surface area contributed by atoms with Crippen LogP contribution in [0.2, 0.25) is 0 Å². The Hall–Kier alpha value is -7.55. The van der Waals surface area contributed by atoms with Crippen LogP contribution in [0.5, 0.6) is 0 Å². The molecule has 0 saturated heterocycles. The summed E-state index contributed by atoms with van der Waals surface area (Å²) in [7, 11) is 3.61. The van der Waals surface area contributed by atoms with Crippen LogP contribution >= 0.6 is 22.7 Å². The van der Waals surface area contributed by atoms with Crippen LogP contribution in [0.15, 0.2) is 94.5 Å². The smallest absolute Gasteiger partial charge is 0.250 e. The first-order chi connectivity index (χ1) is 29.0. The number of aromatic nitrogens is 12. The van der Waals surface area contributed by atoms with E-state index in [1.54, 1.807) is 37.6 Å². The van der Waals surface area contributed by atoms with Crippen molar-refractivity contribution in [1.82, 2.24) is 59.3 Å². The minimum absolute atomic E-state index is 0.200. The monoisotopic (exact) mass is 836 g/mol. The van der Waals surface area contributed by atoms with Gasteiger partial charge in [-0.1, -0.05) is 93.7 Å². The molecular formula is C40H32N14O4S2. The standard InChI is InChI=1S/C20H17N7O2S.C20H15N7O2S/c2*1-10-8-12(26-29-10)16(28)18-24-13(11-6-4-3-5-7-11)15(27(18)2)20-25-14-17(21)22-9-23-19(14)30-20/h3-9,16,28H,1-2H3,(H2,21,22,23);3-9H,1-2H3,(H2,21,22,23). The Balaban J connectivity index is 0.000000154. The van der Waals surface area contributed by atoms with Gasteiger partial charge in [0.15, 0.2) is 29.3 Å². The van der Waals surface area contributed by atoms with Crippen molar-refractivity contribution in [3.8, 4) is 43.9 Å². The molecule has 0 amide bonds. The minimum Gasteiger partial charge on any atom is -0.382 e. The number of hydrogen-bond acceptors (Lipinski definition) is 18. The molecule has 0 aliphatic carbocycles. The van der Waals surface area contributed by atoms with Crippen molar-refractivity contribution in [2.24, 2.45) is 14.1 Å². The van der Waals surface area contributed by atoms with E-state index in [1.165, 1.54) is 35.3 Å². The van der Waals surface area contributed by atoms with Crippen LogP contribution in [-0.4, -0.2) is 70.2 Å². The van der Waals surface area contributed by atoms with Gasteiger partial charge in [0.1, 0.15) is 77.8 Å². The fourth-order valence-corrected chi connectivity index (χ4v) is 8.52. The summed E-state index contributed by atoms with van der Waals surface area (Å²) < 4.78 is 13.7. The van der Waals surface area contributed by atoms with Crippen molar-refractivity contribution < 1.29 is 18.9 Å². The number of aliphatic hydroxyl groups is 1. The maximum absolute atomic E-state index is 13.1. The van der Waals surface area contributed by atoms with Gasteiger partial charge >= 0.3 is 0 Å². The zero-order valence-electron chi connectivity index (χ0n) is 32.2. The second-order valence-corrected chi connectivity index (χ2v) is 15.4. The number of nitrogen functional groups attached to an aromatic ring is 2. The molecular weight excluding hydrogens is 805 g/mol. The summed E-state index contributed by atoms with van der Waals surface area (Å²) in [5.74, 6) is 2.12. The molecule has 10 rings (SSSR count). The molecule has 18 nitrogen and oxygen atoms in total. The number of benzene rings is 2. The van der Waals surface area contributed by atoms with Gasteiger partial charge in [-0.25, -0.2) is 39.9 Å². The molecule has 10 aromatic rings. The summed E-state index contributed by atoms with van der Waals surface area (Å²) in [5.41, 5.74) is 18.1. The summed E-state index contributed by atoms with van der Waals surface area (Å²) in [4.78, 5) is 49.7. The van der Waals surface area contributed by atoms with Gasteiger partial charge in [-0.3, -0.25) is 4.79 Å². The summed E-state index contributed by atoms with van der Waals surface area (Å²) in [6.07, 6.45) is 1.77. The number of ketones is 1. The fourth-order valence-electron chi connectivity index (χ4n) is 6.53. The van der Waals surface area contributed by atoms with E-state index < -0.39 is 6.10 Å². The molecule has 5 N–H and O–H groups in total. The first-order valence-corrected chi connectivity index (χ1v) is 19.8. The maximum atomic E-state index is 13.1. The molecule has 2 aromatic carbocycles. The van der Waals surface area contributed by atoms with Crippen LogP contribution < -0.4 is 11.5 Å². The van der Waals surface area contributed by atoms with Crippen LogP contribution in [0, 0.1) is 13.8 Å². The van der Waals surface area contributed by atoms with Crippen LogP contribution in [0.1, 0.15) is 45.5 Å². The summed E-state index contributed by atoms with van der Waals surface area (Å²) in [5, 5.41) is 20.0. The van der Waals surface area contributed by atoms with Crippen molar-refractivity contribution in [3.63, 3.8) is 0 Å². The quantitative estimate of drug-likeness (QED) is 0.140. The van der Waals surface area contributed by atoms with Crippen molar-refractivity contribution in [3.05, 3.63) is 120 Å². The number of nitrogens with zero attached hydrogens (tertiary/aromatic N) is 12. The Labute approximate surface area is 347 Å². The number of aliphatic hydroxyl groups excluding tert-OH is 1. The van der Waals surface area contributed by atoms with E-state index in [-0.39, 0.29) is 17.3 Å². The van der Waals surface area contributed by atoms with Crippen LogP contribution in [0.4, 0.5) is 11.6 Å². The van der Waals surface area contributed by atoms with E-state index >= 15 is 0 Å². The average Bonchev–Trinajstić information content (AvgIpc) is 4.12. The number of rotatable bonds is 8. The lowest BCUT2D eigenvalue weighted by molar-refractivity contribution is 0.101. The lowest BCUT2D eigenvalue weighted by Gasteiger charge is -2.08. The van der Waals surface area contributed by atoms with Crippen molar-refractivity contribution >= 4 is 60.8 Å². The van der Waals surface area contributed by atoms with Crippen molar-refractivity contribution in [2.75, 3.05) is 11.5 Å². The van der Waals surface area contributed by atoms with Gasteiger partial charge in [0, 0.05) is 37.4 Å². The molecule has 0 aliphatic heterocycles. The molecule has 298 valence electrons. The van der Waals surface area contributed by atoms with Crippen LogP contribution in [0.25, 0.3) is 64.6 Å². The number of thiazole rings is 2. The normalized spacial score (nSPS) is 11.9. The van der Waals surface area contributed by atoms with Gasteiger partial charge in [0.2, 0.25) is 5.78 Å². The van der Waals surface area contributed by atoms with Gasteiger partial charge in [-0.2, -0.15) is 0 Å². The van der Waals surface area contributed by atoms with Crippen molar-refractivity contribution in [2.45, 2.75) is 20.0 Å². The van der Waals surface area contributed by atoms with Gasteiger partial charge < -0.3 is 34.8 Å². The third-order valence-corrected chi connectivity index (χ3v) is 11.3. The SMILES string of the molecule is Cc1cc(C(=O)c2nc(-c3ccccc3)c(-c3nc4c(N)ncnc4s3)n2C)no1.Cc1cc(C(O)c2nc(-c3ccccc3)c(-c3nc4c(N)ncnc4s3)n2C)no1. The Kier molecular flexibility index (Phi) is 9.70. The molecule has 0 fully saturated rings.